The molecule has 3 aromatic carbocycles. The number of rotatable bonds is 11. The molecule has 1 heterocycles. The van der Waals surface area contributed by atoms with Crippen molar-refractivity contribution in [3.8, 4) is 0 Å². The number of aliphatic hydroxyl groups is 1. The first-order chi connectivity index (χ1) is 17.8. The van der Waals surface area contributed by atoms with Crippen LogP contribution in [0.15, 0.2) is 84.9 Å². The van der Waals surface area contributed by atoms with Gasteiger partial charge in [-0.05, 0) is 28.7 Å². The summed E-state index contributed by atoms with van der Waals surface area (Å²) in [5.74, 6) is -0.0592. The minimum Gasteiger partial charge on any atom is -0.392 e. The van der Waals surface area contributed by atoms with E-state index in [2.05, 4.69) is 9.62 Å². The molecule has 7 nitrogen and oxygen atoms in total. The van der Waals surface area contributed by atoms with Gasteiger partial charge in [-0.25, -0.2) is 13.1 Å². The third kappa shape index (κ3) is 8.64. The Morgan fingerprint density at radius 3 is 2.18 bits per heavy atom. The summed E-state index contributed by atoms with van der Waals surface area (Å²) in [7, 11) is -1.62. The topological polar surface area (TPSA) is 90.0 Å². The second kappa shape index (κ2) is 13.9. The molecule has 1 aliphatic heterocycles. The van der Waals surface area contributed by atoms with E-state index >= 15 is 0 Å². The van der Waals surface area contributed by atoms with E-state index in [9.17, 15) is 18.3 Å². The number of likely N-dealkylation sites (N-methyl/N-ethyl adjacent to an activating group) is 1. The van der Waals surface area contributed by atoms with Gasteiger partial charge in [0.25, 0.3) is 0 Å². The molecule has 0 bridgehead atoms. The first kappa shape index (κ1) is 29.8. The van der Waals surface area contributed by atoms with Gasteiger partial charge in [0.1, 0.15) is 0 Å². The number of nitrogens with one attached hydrogen (secondary N) is 1. The van der Waals surface area contributed by atoms with Gasteiger partial charge in [-0.2, -0.15) is 0 Å². The molecule has 1 fully saturated rings. The number of hydrogen-bond donors (Lipinski definition) is 2. The van der Waals surface area contributed by atoms with E-state index in [1.165, 1.54) is 0 Å². The molecule has 0 aliphatic carbocycles. The maximum Gasteiger partial charge on any atom is 0.227 e. The van der Waals surface area contributed by atoms with Crippen molar-refractivity contribution in [1.82, 2.24) is 14.5 Å². The van der Waals surface area contributed by atoms with Crippen molar-refractivity contribution in [3.05, 3.63) is 107 Å². The van der Waals surface area contributed by atoms with Crippen LogP contribution in [0, 0.1) is 0 Å². The first-order valence-electron chi connectivity index (χ1n) is 12.6. The average Bonchev–Trinajstić information content (AvgIpc) is 3.32. The van der Waals surface area contributed by atoms with Gasteiger partial charge in [-0.1, -0.05) is 84.9 Å². The number of benzene rings is 3. The molecule has 204 valence electrons. The van der Waals surface area contributed by atoms with E-state index in [1.807, 2.05) is 79.8 Å². The molecular weight excluding hydrogens is 522 g/mol. The maximum absolute atomic E-state index is 13.2. The smallest absolute Gasteiger partial charge is 0.227 e. The normalized spacial score (nSPS) is 16.5. The number of halogens is 1. The summed E-state index contributed by atoms with van der Waals surface area (Å²) in [4.78, 5) is 17.3. The third-order valence-corrected chi connectivity index (χ3v) is 8.10. The molecule has 0 radical (unpaired) electrons. The van der Waals surface area contributed by atoms with Gasteiger partial charge in [0.05, 0.1) is 24.3 Å². The van der Waals surface area contributed by atoms with Gasteiger partial charge in [-0.3, -0.25) is 9.69 Å². The molecule has 1 aliphatic rings. The van der Waals surface area contributed by atoms with E-state index in [0.717, 1.165) is 35.2 Å². The zero-order valence-electron chi connectivity index (χ0n) is 21.6. The Morgan fingerprint density at radius 2 is 1.58 bits per heavy atom. The number of nitrogens with zero attached hydrogens (tertiary/aromatic N) is 2. The predicted octanol–water partition coefficient (Wildman–Crippen LogP) is 3.54. The number of sulfonamides is 1. The van der Waals surface area contributed by atoms with Crippen LogP contribution in [0.3, 0.4) is 0 Å². The second-order valence-electron chi connectivity index (χ2n) is 9.69. The van der Waals surface area contributed by atoms with Gasteiger partial charge in [-0.15, -0.1) is 12.4 Å². The largest absolute Gasteiger partial charge is 0.392 e. The maximum atomic E-state index is 13.2. The minimum absolute atomic E-state index is 0. The number of aliphatic hydroxyl groups excluding tert-OH is 1. The second-order valence-corrected chi connectivity index (χ2v) is 11.5. The molecular formula is C29H36ClN3O4S. The van der Waals surface area contributed by atoms with Gasteiger partial charge in [0, 0.05) is 33.2 Å². The molecule has 2 atom stereocenters. The molecule has 0 saturated carbocycles. The fraction of sp³-hybridized carbons (Fsp3) is 0.345. The summed E-state index contributed by atoms with van der Waals surface area (Å²) in [6.07, 6.45) is 0.704. The van der Waals surface area contributed by atoms with Crippen molar-refractivity contribution in [2.24, 2.45) is 0 Å². The number of β-amino-alcohol motifs (C(OH)–C–C–N with tert-alkyl or cyclic N) is 1. The van der Waals surface area contributed by atoms with E-state index < -0.39 is 10.0 Å². The molecule has 1 amide bonds. The summed E-state index contributed by atoms with van der Waals surface area (Å²) in [6.45, 7) is 2.32. The third-order valence-electron chi connectivity index (χ3n) is 6.80. The Hall–Kier alpha value is -2.75. The Kier molecular flexibility index (Phi) is 10.9. The van der Waals surface area contributed by atoms with Crippen molar-refractivity contribution in [1.29, 1.82) is 0 Å². The van der Waals surface area contributed by atoms with Crippen LogP contribution < -0.4 is 4.72 Å². The van der Waals surface area contributed by atoms with Crippen LogP contribution in [0.2, 0.25) is 0 Å². The van der Waals surface area contributed by atoms with Crippen molar-refractivity contribution in [3.63, 3.8) is 0 Å². The van der Waals surface area contributed by atoms with Crippen molar-refractivity contribution in [2.75, 3.05) is 26.7 Å². The molecule has 0 unspecified atom stereocenters. The fourth-order valence-electron chi connectivity index (χ4n) is 4.64. The Morgan fingerprint density at radius 1 is 0.974 bits per heavy atom. The van der Waals surface area contributed by atoms with E-state index in [0.29, 0.717) is 13.1 Å². The van der Waals surface area contributed by atoms with Gasteiger partial charge >= 0.3 is 0 Å². The lowest BCUT2D eigenvalue weighted by atomic mass is 10.0. The quantitative estimate of drug-likeness (QED) is 0.376. The molecule has 0 spiro atoms. The molecule has 4 rings (SSSR count). The highest BCUT2D eigenvalue weighted by Gasteiger charge is 2.28. The summed E-state index contributed by atoms with van der Waals surface area (Å²) in [6, 6.07) is 26.4. The highest BCUT2D eigenvalue weighted by atomic mass is 35.5. The number of hydrogen-bond acceptors (Lipinski definition) is 5. The van der Waals surface area contributed by atoms with Crippen molar-refractivity contribution >= 4 is 28.3 Å². The molecule has 0 aromatic heterocycles. The average molecular weight is 558 g/mol. The lowest BCUT2D eigenvalue weighted by molar-refractivity contribution is -0.131. The highest BCUT2D eigenvalue weighted by Crippen LogP contribution is 2.24. The van der Waals surface area contributed by atoms with E-state index in [4.69, 9.17) is 0 Å². The summed E-state index contributed by atoms with van der Waals surface area (Å²) in [5, 5.41) is 9.94. The van der Waals surface area contributed by atoms with Crippen LogP contribution in [-0.2, 0) is 33.5 Å². The zero-order valence-corrected chi connectivity index (χ0v) is 23.2. The first-order valence-corrected chi connectivity index (χ1v) is 14.2. The van der Waals surface area contributed by atoms with Crippen LogP contribution >= 0.6 is 12.4 Å². The Balaban J connectivity index is 0.00000400. The minimum atomic E-state index is -3.45. The van der Waals surface area contributed by atoms with Crippen LogP contribution in [-0.4, -0.2) is 62.0 Å². The number of amides is 1. The van der Waals surface area contributed by atoms with Gasteiger partial charge < -0.3 is 10.0 Å². The summed E-state index contributed by atoms with van der Waals surface area (Å²) >= 11 is 0. The highest BCUT2D eigenvalue weighted by molar-refractivity contribution is 7.88. The molecule has 9 heteroatoms. The Labute approximate surface area is 231 Å². The molecule has 3 aromatic rings. The number of likely N-dealkylation sites (tertiary alicyclic amines) is 1. The molecule has 38 heavy (non-hydrogen) atoms. The van der Waals surface area contributed by atoms with Gasteiger partial charge in [0.15, 0.2) is 0 Å². The van der Waals surface area contributed by atoms with Crippen molar-refractivity contribution in [2.45, 2.75) is 37.3 Å². The summed E-state index contributed by atoms with van der Waals surface area (Å²) < 4.78 is 27.5. The molecule has 1 saturated heterocycles. The number of carbonyl (C=O) groups excluding carboxylic acids is 1. The van der Waals surface area contributed by atoms with Crippen LogP contribution in [0.5, 0.6) is 0 Å². The summed E-state index contributed by atoms with van der Waals surface area (Å²) in [5.41, 5.74) is 3.51. The number of carbonyl (C=O) groups is 1. The fourth-order valence-corrected chi connectivity index (χ4v) is 5.76. The predicted molar refractivity (Wildman–Crippen MR) is 152 cm³/mol. The van der Waals surface area contributed by atoms with E-state index in [1.54, 1.807) is 17.0 Å². The SMILES string of the molecule is CN(C(=O)Cc1ccc(CNS(=O)(=O)Cc2ccccc2)cc1)[C@H](CN1CC[C@H](O)C1)c1ccccc1.Cl. The lowest BCUT2D eigenvalue weighted by Crippen LogP contribution is -2.39. The van der Waals surface area contributed by atoms with Crippen LogP contribution in [0.4, 0.5) is 0 Å². The van der Waals surface area contributed by atoms with Crippen molar-refractivity contribution < 1.29 is 18.3 Å². The van der Waals surface area contributed by atoms with Crippen LogP contribution in [0.25, 0.3) is 0 Å². The molecule has 2 N–H and O–H groups in total. The zero-order chi connectivity index (χ0) is 26.3. The lowest BCUT2D eigenvalue weighted by Gasteiger charge is -2.32. The monoisotopic (exact) mass is 557 g/mol. The van der Waals surface area contributed by atoms with Gasteiger partial charge in [0.2, 0.25) is 15.9 Å². The van der Waals surface area contributed by atoms with E-state index in [-0.39, 0.29) is 49.2 Å². The van der Waals surface area contributed by atoms with Crippen LogP contribution in [0.1, 0.15) is 34.7 Å². The Bertz CT molecular complexity index is 1260. The standard InChI is InChI=1S/C29H35N3O4S.ClH/c1-31(28(26-10-6-3-7-11-26)21-32-17-16-27(33)20-32)29(34)18-23-12-14-24(15-13-23)19-30-37(35,36)22-25-8-4-2-5-9-25;/h2-15,27-28,30,33H,16-22H2,1H3;1H/t27-,28+;/m0./s1.